The Kier molecular flexibility index (Phi) is 3.73. The van der Waals surface area contributed by atoms with E-state index in [1.807, 2.05) is 47.3 Å². The van der Waals surface area contributed by atoms with Crippen LogP contribution < -0.4 is 0 Å². The Morgan fingerprint density at radius 2 is 1.36 bits per heavy atom. The van der Waals surface area contributed by atoms with E-state index in [0.717, 1.165) is 0 Å². The van der Waals surface area contributed by atoms with Gasteiger partial charge in [-0.2, -0.15) is 0 Å². The van der Waals surface area contributed by atoms with Crippen LogP contribution in [-0.4, -0.2) is 13.4 Å². The monoisotopic (exact) mass is 242 g/mol. The van der Waals surface area contributed by atoms with Crippen molar-refractivity contribution in [2.75, 3.05) is 0 Å². The highest BCUT2D eigenvalue weighted by molar-refractivity contribution is 8.20. The number of rotatable bonds is 2. The Bertz CT molecular complexity index is 309. The van der Waals surface area contributed by atoms with Crippen molar-refractivity contribution in [3.63, 3.8) is 0 Å². The van der Waals surface area contributed by atoms with Gasteiger partial charge in [0.25, 0.3) is 0 Å². The SMILES string of the molecule is O=S(C1C=CC=CS1)C1C=CC=CS1. The van der Waals surface area contributed by atoms with Crippen molar-refractivity contribution < 1.29 is 4.21 Å². The summed E-state index contributed by atoms with van der Waals surface area (Å²) in [6.45, 7) is 0. The molecule has 0 saturated carbocycles. The van der Waals surface area contributed by atoms with Gasteiger partial charge in [-0.3, -0.25) is 4.21 Å². The van der Waals surface area contributed by atoms with Crippen molar-refractivity contribution in [3.8, 4) is 0 Å². The molecule has 0 spiro atoms. The Labute approximate surface area is 94.9 Å². The van der Waals surface area contributed by atoms with E-state index in [1.54, 1.807) is 23.5 Å². The van der Waals surface area contributed by atoms with Gasteiger partial charge in [-0.15, -0.1) is 23.5 Å². The minimum Gasteiger partial charge on any atom is -0.257 e. The Morgan fingerprint density at radius 3 is 1.71 bits per heavy atom. The van der Waals surface area contributed by atoms with Crippen molar-refractivity contribution in [1.29, 1.82) is 0 Å². The first-order valence-corrected chi connectivity index (χ1v) is 7.41. The molecule has 0 bridgehead atoms. The molecule has 2 aliphatic heterocycles. The first kappa shape index (κ1) is 10.3. The topological polar surface area (TPSA) is 17.1 Å². The van der Waals surface area contributed by atoms with Crippen LogP contribution in [0.25, 0.3) is 0 Å². The molecule has 14 heavy (non-hydrogen) atoms. The summed E-state index contributed by atoms with van der Waals surface area (Å²) in [4.78, 5) is 0. The van der Waals surface area contributed by atoms with Crippen LogP contribution in [-0.2, 0) is 10.8 Å². The lowest BCUT2D eigenvalue weighted by Crippen LogP contribution is -2.18. The van der Waals surface area contributed by atoms with E-state index in [4.69, 9.17) is 0 Å². The fourth-order valence-electron chi connectivity index (χ4n) is 1.13. The fraction of sp³-hybridized carbons (Fsp3) is 0.200. The molecule has 0 radical (unpaired) electrons. The molecule has 2 atom stereocenters. The zero-order valence-corrected chi connectivity index (χ0v) is 9.86. The molecule has 0 aromatic heterocycles. The normalized spacial score (nSPS) is 32.0. The molecule has 2 rings (SSSR count). The lowest BCUT2D eigenvalue weighted by molar-refractivity contribution is 0.684. The van der Waals surface area contributed by atoms with Gasteiger partial charge in [0, 0.05) is 0 Å². The zero-order chi connectivity index (χ0) is 9.80. The molecule has 0 aliphatic carbocycles. The van der Waals surface area contributed by atoms with Gasteiger partial charge >= 0.3 is 0 Å². The molecule has 4 heteroatoms. The number of thioether (sulfide) groups is 2. The van der Waals surface area contributed by atoms with Gasteiger partial charge in [-0.1, -0.05) is 36.5 Å². The number of hydrogen-bond acceptors (Lipinski definition) is 3. The van der Waals surface area contributed by atoms with Crippen LogP contribution in [0.3, 0.4) is 0 Å². The van der Waals surface area contributed by atoms with E-state index in [1.165, 1.54) is 0 Å². The maximum absolute atomic E-state index is 12.1. The second-order valence-electron chi connectivity index (χ2n) is 2.76. The van der Waals surface area contributed by atoms with Crippen molar-refractivity contribution in [2.45, 2.75) is 9.16 Å². The predicted molar refractivity (Wildman–Crippen MR) is 67.5 cm³/mol. The molecule has 0 aromatic rings. The summed E-state index contributed by atoms with van der Waals surface area (Å²) in [5, 5.41) is 3.99. The zero-order valence-electron chi connectivity index (χ0n) is 7.41. The van der Waals surface area contributed by atoms with E-state index in [9.17, 15) is 4.21 Å². The van der Waals surface area contributed by atoms with E-state index in [-0.39, 0.29) is 9.16 Å². The van der Waals surface area contributed by atoms with Crippen LogP contribution in [0, 0.1) is 0 Å². The van der Waals surface area contributed by atoms with Crippen LogP contribution >= 0.6 is 23.5 Å². The summed E-state index contributed by atoms with van der Waals surface area (Å²) in [5.41, 5.74) is 0. The Hall–Kier alpha value is -0.190. The molecule has 0 amide bonds. The molecule has 2 unspecified atom stereocenters. The van der Waals surface area contributed by atoms with E-state index >= 15 is 0 Å². The standard InChI is InChI=1S/C10H10OS3/c11-14(9-5-1-3-7-12-9)10-6-2-4-8-13-10/h1-10H. The van der Waals surface area contributed by atoms with Gasteiger partial charge in [0.15, 0.2) is 0 Å². The van der Waals surface area contributed by atoms with Crippen LogP contribution in [0.5, 0.6) is 0 Å². The van der Waals surface area contributed by atoms with Crippen molar-refractivity contribution in [3.05, 3.63) is 47.3 Å². The molecule has 1 nitrogen and oxygen atoms in total. The smallest absolute Gasteiger partial charge is 0.104 e. The summed E-state index contributed by atoms with van der Waals surface area (Å²) in [6.07, 6.45) is 11.9. The summed E-state index contributed by atoms with van der Waals surface area (Å²) in [7, 11) is -0.843. The third-order valence-electron chi connectivity index (χ3n) is 1.80. The third-order valence-corrected chi connectivity index (χ3v) is 6.31. The van der Waals surface area contributed by atoms with Gasteiger partial charge in [0.2, 0.25) is 0 Å². The summed E-state index contributed by atoms with van der Waals surface area (Å²) in [6, 6.07) is 0. The highest BCUT2D eigenvalue weighted by atomic mass is 32.3. The lowest BCUT2D eigenvalue weighted by Gasteiger charge is -2.18. The summed E-state index contributed by atoms with van der Waals surface area (Å²) >= 11 is 3.25. The molecule has 2 heterocycles. The van der Waals surface area contributed by atoms with Gasteiger partial charge in [0.1, 0.15) is 9.16 Å². The highest BCUT2D eigenvalue weighted by Gasteiger charge is 2.22. The summed E-state index contributed by atoms with van der Waals surface area (Å²) in [5.74, 6) is 0. The van der Waals surface area contributed by atoms with E-state index in [0.29, 0.717) is 0 Å². The van der Waals surface area contributed by atoms with Crippen LogP contribution in [0.4, 0.5) is 0 Å². The molecule has 74 valence electrons. The second-order valence-corrected chi connectivity index (χ2v) is 7.14. The largest absolute Gasteiger partial charge is 0.257 e. The number of hydrogen-bond donors (Lipinski definition) is 0. The van der Waals surface area contributed by atoms with Crippen molar-refractivity contribution in [1.82, 2.24) is 0 Å². The van der Waals surface area contributed by atoms with Gasteiger partial charge < -0.3 is 0 Å². The van der Waals surface area contributed by atoms with Gasteiger partial charge in [-0.05, 0) is 10.8 Å². The van der Waals surface area contributed by atoms with Crippen LogP contribution in [0.2, 0.25) is 0 Å². The van der Waals surface area contributed by atoms with Crippen LogP contribution in [0.1, 0.15) is 0 Å². The molecule has 0 N–H and O–H groups in total. The average Bonchev–Trinajstić information content (AvgIpc) is 2.30. The third kappa shape index (κ3) is 2.43. The Morgan fingerprint density at radius 1 is 0.857 bits per heavy atom. The maximum atomic E-state index is 12.1. The molecular formula is C10H10OS3. The second kappa shape index (κ2) is 5.05. The quantitative estimate of drug-likeness (QED) is 0.741. The minimum atomic E-state index is -0.843. The van der Waals surface area contributed by atoms with E-state index in [2.05, 4.69) is 0 Å². The summed E-state index contributed by atoms with van der Waals surface area (Å²) < 4.78 is 12.3. The average molecular weight is 242 g/mol. The minimum absolute atomic E-state index is 0.105. The maximum Gasteiger partial charge on any atom is 0.104 e. The van der Waals surface area contributed by atoms with Crippen LogP contribution in [0.15, 0.2) is 47.3 Å². The molecular weight excluding hydrogens is 232 g/mol. The van der Waals surface area contributed by atoms with Crippen molar-refractivity contribution >= 4 is 34.3 Å². The first-order valence-electron chi connectivity index (χ1n) is 4.25. The fourth-order valence-corrected chi connectivity index (χ4v) is 5.11. The van der Waals surface area contributed by atoms with Gasteiger partial charge in [-0.25, -0.2) is 0 Å². The van der Waals surface area contributed by atoms with E-state index < -0.39 is 10.8 Å². The molecule has 0 saturated heterocycles. The Balaban J connectivity index is 2.01. The van der Waals surface area contributed by atoms with Crippen molar-refractivity contribution in [2.24, 2.45) is 0 Å². The molecule has 0 fully saturated rings. The highest BCUT2D eigenvalue weighted by Crippen LogP contribution is 2.30. The number of allylic oxidation sites excluding steroid dienone is 4. The van der Waals surface area contributed by atoms with Gasteiger partial charge in [0.05, 0.1) is 10.8 Å². The lowest BCUT2D eigenvalue weighted by atomic mass is 10.5. The predicted octanol–water partition coefficient (Wildman–Crippen LogP) is 3.02. The molecule has 0 aromatic carbocycles. The molecule has 2 aliphatic rings. The first-order chi connectivity index (χ1) is 6.88.